The van der Waals surface area contributed by atoms with Gasteiger partial charge in [0.25, 0.3) is 0 Å². The zero-order chi connectivity index (χ0) is 19.7. The molecule has 7 nitrogen and oxygen atoms in total. The number of carbonyl (C=O) groups excluding carboxylic acids is 2. The van der Waals surface area contributed by atoms with Crippen molar-refractivity contribution < 1.29 is 19.1 Å². The monoisotopic (exact) mass is 381 g/mol. The molecule has 0 saturated carbocycles. The molecule has 0 aromatic heterocycles. The summed E-state index contributed by atoms with van der Waals surface area (Å²) >= 11 is 0. The van der Waals surface area contributed by atoms with E-state index in [1.165, 1.54) is 0 Å². The Balaban J connectivity index is 1.65. The number of allylic oxidation sites excluding steroid dienone is 2. The maximum Gasteiger partial charge on any atom is 0.243 e. The lowest BCUT2D eigenvalue weighted by atomic mass is 9.87. The number of nitrogens with one attached hydrogen (secondary N) is 1. The van der Waals surface area contributed by atoms with E-state index in [-0.39, 0.29) is 31.2 Å². The van der Waals surface area contributed by atoms with Crippen LogP contribution in [-0.4, -0.2) is 42.1 Å². The summed E-state index contributed by atoms with van der Waals surface area (Å²) in [4.78, 5) is 26.7. The van der Waals surface area contributed by atoms with Crippen LogP contribution in [0.25, 0.3) is 5.57 Å². The van der Waals surface area contributed by atoms with E-state index in [0.29, 0.717) is 24.3 Å². The molecule has 2 unspecified atom stereocenters. The number of nitrogens with two attached hydrogens (primary N) is 1. The number of anilines is 1. The molecule has 3 aliphatic rings. The molecule has 1 fully saturated rings. The van der Waals surface area contributed by atoms with Crippen molar-refractivity contribution in [1.29, 1.82) is 0 Å². The van der Waals surface area contributed by atoms with Crippen LogP contribution in [0.2, 0.25) is 0 Å². The summed E-state index contributed by atoms with van der Waals surface area (Å²) in [7, 11) is 0. The quantitative estimate of drug-likeness (QED) is 0.778. The second-order valence-corrected chi connectivity index (χ2v) is 7.05. The largest absolute Gasteiger partial charge is 0.458 e. The second kappa shape index (κ2) is 7.42. The molecule has 2 amide bonds. The summed E-state index contributed by atoms with van der Waals surface area (Å²) in [5.74, 6) is 1.22. The molecule has 1 saturated heterocycles. The number of amides is 2. The molecule has 1 aromatic carbocycles. The maximum absolute atomic E-state index is 12.5. The Bertz CT molecular complexity index is 903. The highest BCUT2D eigenvalue weighted by molar-refractivity contribution is 5.97. The summed E-state index contributed by atoms with van der Waals surface area (Å²) < 4.78 is 10.7. The first-order valence-corrected chi connectivity index (χ1v) is 9.32. The average molecular weight is 381 g/mol. The van der Waals surface area contributed by atoms with Gasteiger partial charge in [-0.15, -0.1) is 0 Å². The third-order valence-corrected chi connectivity index (χ3v) is 5.29. The summed E-state index contributed by atoms with van der Waals surface area (Å²) in [6.07, 6.45) is 6.86. The minimum absolute atomic E-state index is 0.0351. The average Bonchev–Trinajstić information content (AvgIpc) is 3.10. The van der Waals surface area contributed by atoms with Crippen molar-refractivity contribution in [3.63, 3.8) is 0 Å². The van der Waals surface area contributed by atoms with Crippen molar-refractivity contribution in [1.82, 2.24) is 10.2 Å². The van der Waals surface area contributed by atoms with Crippen LogP contribution in [0.3, 0.4) is 0 Å². The highest BCUT2D eigenvalue weighted by atomic mass is 16.7. The maximum atomic E-state index is 12.5. The van der Waals surface area contributed by atoms with Gasteiger partial charge >= 0.3 is 0 Å². The number of hydrogen-bond donors (Lipinski definition) is 2. The Kier molecular flexibility index (Phi) is 4.81. The molecule has 0 spiro atoms. The van der Waals surface area contributed by atoms with E-state index in [1.54, 1.807) is 4.90 Å². The van der Waals surface area contributed by atoms with E-state index in [0.717, 1.165) is 16.9 Å². The summed E-state index contributed by atoms with van der Waals surface area (Å²) in [5, 5.41) is 2.69. The van der Waals surface area contributed by atoms with E-state index in [4.69, 9.17) is 15.2 Å². The van der Waals surface area contributed by atoms with E-state index >= 15 is 0 Å². The Morgan fingerprint density at radius 1 is 1.29 bits per heavy atom. The van der Waals surface area contributed by atoms with E-state index in [2.05, 4.69) is 11.4 Å². The van der Waals surface area contributed by atoms with Gasteiger partial charge in [-0.25, -0.2) is 0 Å². The van der Waals surface area contributed by atoms with Crippen LogP contribution >= 0.6 is 0 Å². The number of hydrogen-bond acceptors (Lipinski definition) is 5. The van der Waals surface area contributed by atoms with E-state index in [9.17, 15) is 9.59 Å². The van der Waals surface area contributed by atoms with Crippen LogP contribution in [-0.2, 0) is 19.1 Å². The Labute approximate surface area is 163 Å². The van der Waals surface area contributed by atoms with Gasteiger partial charge in [-0.05, 0) is 31.1 Å². The van der Waals surface area contributed by atoms with Crippen molar-refractivity contribution in [3.8, 4) is 0 Å². The molecule has 1 aromatic rings. The molecule has 0 bridgehead atoms. The zero-order valence-electron chi connectivity index (χ0n) is 15.7. The van der Waals surface area contributed by atoms with Crippen LogP contribution in [0.4, 0.5) is 5.69 Å². The number of nitrogen functional groups attached to an aromatic ring is 1. The third-order valence-electron chi connectivity index (χ3n) is 5.29. The summed E-state index contributed by atoms with van der Waals surface area (Å²) in [5.41, 5.74) is 8.71. The van der Waals surface area contributed by atoms with Gasteiger partial charge in [0.05, 0.1) is 12.6 Å². The topological polar surface area (TPSA) is 93.9 Å². The minimum Gasteiger partial charge on any atom is -0.458 e. The molecule has 2 atom stereocenters. The lowest BCUT2D eigenvalue weighted by molar-refractivity contribution is -0.147. The van der Waals surface area contributed by atoms with Gasteiger partial charge in [-0.1, -0.05) is 30.4 Å². The van der Waals surface area contributed by atoms with Gasteiger partial charge in [0.15, 0.2) is 5.76 Å². The van der Waals surface area contributed by atoms with Crippen molar-refractivity contribution in [2.75, 3.05) is 19.1 Å². The van der Waals surface area contributed by atoms with Crippen molar-refractivity contribution >= 4 is 23.1 Å². The number of carbonyl (C=O) groups is 2. The number of para-hydroxylation sites is 1. The third kappa shape index (κ3) is 3.35. The highest BCUT2D eigenvalue weighted by Crippen LogP contribution is 2.34. The van der Waals surface area contributed by atoms with Gasteiger partial charge in [0, 0.05) is 17.7 Å². The second-order valence-electron chi connectivity index (χ2n) is 7.05. The zero-order valence-corrected chi connectivity index (χ0v) is 15.7. The first kappa shape index (κ1) is 18.2. The molecule has 4 rings (SSSR count). The number of benzene rings is 1. The fourth-order valence-corrected chi connectivity index (χ4v) is 3.87. The summed E-state index contributed by atoms with van der Waals surface area (Å²) in [6.45, 7) is 2.10. The van der Waals surface area contributed by atoms with Crippen LogP contribution in [0, 0.1) is 0 Å². The number of nitrogens with zero attached hydrogens (tertiary/aromatic N) is 1. The van der Waals surface area contributed by atoms with Crippen LogP contribution < -0.4 is 11.1 Å². The predicted octanol–water partition coefficient (Wildman–Crippen LogP) is 1.93. The molecule has 0 radical (unpaired) electrons. The number of ether oxygens (including phenoxy) is 2. The highest BCUT2D eigenvalue weighted by Gasteiger charge is 2.41. The van der Waals surface area contributed by atoms with Crippen molar-refractivity contribution in [2.45, 2.75) is 31.8 Å². The normalized spacial score (nSPS) is 24.6. The Hall–Kier alpha value is -3.22. The standard InChI is InChI=1S/C21H23N3O4/c1-13-19(28-12-27-13)8-4-5-15-9-14(16-6-2-3-7-17(16)22)10-18-21(26)23-11-20(25)24(15)18/h2-4,6-9,15,18H,5,10-12,22H2,1H3,(H,23,26). The first-order valence-electron chi connectivity index (χ1n) is 9.32. The lowest BCUT2D eigenvalue weighted by Crippen LogP contribution is -2.62. The predicted molar refractivity (Wildman–Crippen MR) is 104 cm³/mol. The molecule has 28 heavy (non-hydrogen) atoms. The molecule has 7 heteroatoms. The summed E-state index contributed by atoms with van der Waals surface area (Å²) in [6, 6.07) is 6.84. The number of rotatable bonds is 4. The van der Waals surface area contributed by atoms with E-state index in [1.807, 2.05) is 43.3 Å². The molecule has 3 heterocycles. The van der Waals surface area contributed by atoms with E-state index < -0.39 is 6.04 Å². The van der Waals surface area contributed by atoms with Crippen molar-refractivity contribution in [3.05, 3.63) is 59.6 Å². The van der Waals surface area contributed by atoms with Gasteiger partial charge in [-0.3, -0.25) is 9.59 Å². The van der Waals surface area contributed by atoms with Crippen LogP contribution in [0.15, 0.2) is 54.0 Å². The van der Waals surface area contributed by atoms with Gasteiger partial charge in [-0.2, -0.15) is 0 Å². The molecule has 0 aliphatic carbocycles. The van der Waals surface area contributed by atoms with Gasteiger partial charge < -0.3 is 25.4 Å². The molecular formula is C21H23N3O4. The van der Waals surface area contributed by atoms with Gasteiger partial charge in [0.2, 0.25) is 18.6 Å². The smallest absolute Gasteiger partial charge is 0.243 e. The fourth-order valence-electron chi connectivity index (χ4n) is 3.87. The SMILES string of the molecule is CC1=C(C=CCC2C=C(c3ccccc3N)CC3C(=O)NCC(=O)N23)OCO1. The first-order chi connectivity index (χ1) is 13.5. The molecule has 3 aliphatic heterocycles. The number of piperazine rings is 1. The fraction of sp³-hybridized carbons (Fsp3) is 0.333. The Morgan fingerprint density at radius 2 is 2.11 bits per heavy atom. The minimum atomic E-state index is -0.522. The molecular weight excluding hydrogens is 358 g/mol. The van der Waals surface area contributed by atoms with Crippen molar-refractivity contribution in [2.24, 2.45) is 0 Å². The van der Waals surface area contributed by atoms with Crippen LogP contribution in [0.5, 0.6) is 0 Å². The Morgan fingerprint density at radius 3 is 2.86 bits per heavy atom. The number of fused-ring (bicyclic) bond motifs is 1. The molecule has 146 valence electrons. The lowest BCUT2D eigenvalue weighted by Gasteiger charge is -2.43. The molecule has 3 N–H and O–H groups in total. The van der Waals surface area contributed by atoms with Crippen LogP contribution in [0.1, 0.15) is 25.3 Å². The van der Waals surface area contributed by atoms with Gasteiger partial charge in [0.1, 0.15) is 11.8 Å².